The molecular formula is C15H31IN6OS. The molecule has 7 nitrogen and oxygen atoms in total. The van der Waals surface area contributed by atoms with Crippen LogP contribution >= 0.6 is 35.7 Å². The van der Waals surface area contributed by atoms with Crippen molar-refractivity contribution in [1.82, 2.24) is 25.4 Å². The van der Waals surface area contributed by atoms with Gasteiger partial charge in [-0.15, -0.1) is 34.2 Å². The van der Waals surface area contributed by atoms with Crippen molar-refractivity contribution in [3.05, 3.63) is 11.6 Å². The van der Waals surface area contributed by atoms with Crippen LogP contribution in [0.2, 0.25) is 0 Å². The number of methoxy groups -OCH3 is 1. The first kappa shape index (κ1) is 23.4. The van der Waals surface area contributed by atoms with Gasteiger partial charge in [-0.05, 0) is 38.2 Å². The third-order valence-electron chi connectivity index (χ3n) is 3.45. The van der Waals surface area contributed by atoms with Crippen molar-refractivity contribution in [3.8, 4) is 0 Å². The number of hydrogen-bond acceptors (Lipinski definition) is 5. The van der Waals surface area contributed by atoms with Gasteiger partial charge in [-0.2, -0.15) is 11.8 Å². The molecule has 0 atom stereocenters. The SMILES string of the molecule is COCCCNC(=NCc1nnc(C)n1C)NCCCCSC.I. The zero-order valence-electron chi connectivity index (χ0n) is 15.2. The van der Waals surface area contributed by atoms with Crippen molar-refractivity contribution in [2.75, 3.05) is 38.8 Å². The molecule has 0 saturated heterocycles. The number of ether oxygens (including phenoxy) is 1. The monoisotopic (exact) mass is 470 g/mol. The average Bonchev–Trinajstić information content (AvgIpc) is 2.87. The predicted octanol–water partition coefficient (Wildman–Crippen LogP) is 1.96. The van der Waals surface area contributed by atoms with Gasteiger partial charge in [0.15, 0.2) is 11.8 Å². The molecule has 1 aromatic rings. The van der Waals surface area contributed by atoms with Crippen LogP contribution in [0.15, 0.2) is 4.99 Å². The zero-order valence-corrected chi connectivity index (χ0v) is 18.3. The zero-order chi connectivity index (χ0) is 16.9. The van der Waals surface area contributed by atoms with Gasteiger partial charge in [-0.25, -0.2) is 4.99 Å². The highest BCUT2D eigenvalue weighted by atomic mass is 127. The molecular weight excluding hydrogens is 439 g/mol. The summed E-state index contributed by atoms with van der Waals surface area (Å²) in [7, 11) is 3.68. The second kappa shape index (κ2) is 14.8. The van der Waals surface area contributed by atoms with E-state index in [2.05, 4.69) is 32.1 Å². The molecule has 9 heteroatoms. The molecule has 0 radical (unpaired) electrons. The number of aryl methyl sites for hydroxylation is 1. The summed E-state index contributed by atoms with van der Waals surface area (Å²) in [5, 5.41) is 14.9. The van der Waals surface area contributed by atoms with Crippen LogP contribution in [0.3, 0.4) is 0 Å². The molecule has 140 valence electrons. The van der Waals surface area contributed by atoms with Crippen molar-refractivity contribution < 1.29 is 4.74 Å². The number of aromatic nitrogens is 3. The molecule has 0 spiro atoms. The van der Waals surface area contributed by atoms with Crippen LogP contribution in [0.1, 0.15) is 30.9 Å². The smallest absolute Gasteiger partial charge is 0.191 e. The fourth-order valence-corrected chi connectivity index (χ4v) is 2.41. The molecule has 1 aromatic heterocycles. The minimum atomic E-state index is 0. The molecule has 0 fully saturated rings. The molecule has 0 amide bonds. The Kier molecular flexibility index (Phi) is 14.4. The fraction of sp³-hybridized carbons (Fsp3) is 0.800. The van der Waals surface area contributed by atoms with Gasteiger partial charge in [0, 0.05) is 33.9 Å². The van der Waals surface area contributed by atoms with Gasteiger partial charge in [0.05, 0.1) is 0 Å². The normalized spacial score (nSPS) is 11.2. The lowest BCUT2D eigenvalue weighted by atomic mass is 10.3. The van der Waals surface area contributed by atoms with Crippen molar-refractivity contribution in [2.45, 2.75) is 32.7 Å². The quantitative estimate of drug-likeness (QED) is 0.223. The van der Waals surface area contributed by atoms with E-state index >= 15 is 0 Å². The highest BCUT2D eigenvalue weighted by molar-refractivity contribution is 14.0. The number of rotatable bonds is 11. The van der Waals surface area contributed by atoms with E-state index in [-0.39, 0.29) is 24.0 Å². The molecule has 24 heavy (non-hydrogen) atoms. The summed E-state index contributed by atoms with van der Waals surface area (Å²) in [6.07, 6.45) is 5.45. The summed E-state index contributed by atoms with van der Waals surface area (Å²) >= 11 is 1.89. The van der Waals surface area contributed by atoms with Crippen LogP contribution in [0.25, 0.3) is 0 Å². The predicted molar refractivity (Wildman–Crippen MR) is 112 cm³/mol. The summed E-state index contributed by atoms with van der Waals surface area (Å²) in [5.41, 5.74) is 0. The summed E-state index contributed by atoms with van der Waals surface area (Å²) < 4.78 is 7.04. The van der Waals surface area contributed by atoms with Crippen LogP contribution in [0, 0.1) is 6.92 Å². The van der Waals surface area contributed by atoms with Gasteiger partial charge in [0.25, 0.3) is 0 Å². The van der Waals surface area contributed by atoms with E-state index < -0.39 is 0 Å². The first-order valence-electron chi connectivity index (χ1n) is 8.04. The Morgan fingerprint density at radius 1 is 1.21 bits per heavy atom. The lowest BCUT2D eigenvalue weighted by Crippen LogP contribution is -2.38. The average molecular weight is 470 g/mol. The Morgan fingerprint density at radius 3 is 2.50 bits per heavy atom. The van der Waals surface area contributed by atoms with Crippen LogP contribution < -0.4 is 10.6 Å². The molecule has 0 unspecified atom stereocenters. The fourth-order valence-electron chi connectivity index (χ4n) is 1.91. The van der Waals surface area contributed by atoms with E-state index in [0.29, 0.717) is 6.54 Å². The van der Waals surface area contributed by atoms with Gasteiger partial charge in [0.2, 0.25) is 0 Å². The van der Waals surface area contributed by atoms with Gasteiger partial charge in [-0.3, -0.25) is 0 Å². The molecule has 0 aliphatic carbocycles. The topological polar surface area (TPSA) is 76.4 Å². The minimum Gasteiger partial charge on any atom is -0.385 e. The van der Waals surface area contributed by atoms with Crippen LogP contribution in [-0.4, -0.2) is 59.5 Å². The second-order valence-electron chi connectivity index (χ2n) is 5.29. The maximum atomic E-state index is 5.07. The van der Waals surface area contributed by atoms with Gasteiger partial charge >= 0.3 is 0 Å². The van der Waals surface area contributed by atoms with Crippen molar-refractivity contribution in [1.29, 1.82) is 0 Å². The largest absolute Gasteiger partial charge is 0.385 e. The molecule has 0 aliphatic rings. The number of hydrogen-bond donors (Lipinski definition) is 2. The molecule has 1 rings (SSSR count). The van der Waals surface area contributed by atoms with Crippen LogP contribution in [0.4, 0.5) is 0 Å². The summed E-state index contributed by atoms with van der Waals surface area (Å²) in [4.78, 5) is 4.61. The number of nitrogens with one attached hydrogen (secondary N) is 2. The third kappa shape index (κ3) is 9.67. The number of halogens is 1. The highest BCUT2D eigenvalue weighted by Crippen LogP contribution is 2.00. The molecule has 1 heterocycles. The summed E-state index contributed by atoms with van der Waals surface area (Å²) in [6, 6.07) is 0. The van der Waals surface area contributed by atoms with Crippen LogP contribution in [-0.2, 0) is 18.3 Å². The molecule has 2 N–H and O–H groups in total. The lowest BCUT2D eigenvalue weighted by molar-refractivity contribution is 0.195. The number of thioether (sulfide) groups is 1. The Bertz CT molecular complexity index is 469. The van der Waals surface area contributed by atoms with E-state index in [9.17, 15) is 0 Å². The van der Waals surface area contributed by atoms with Crippen LogP contribution in [0.5, 0.6) is 0 Å². The lowest BCUT2D eigenvalue weighted by Gasteiger charge is -2.12. The maximum Gasteiger partial charge on any atom is 0.191 e. The molecule has 0 bridgehead atoms. The van der Waals surface area contributed by atoms with E-state index in [1.165, 1.54) is 12.2 Å². The van der Waals surface area contributed by atoms with E-state index in [0.717, 1.165) is 50.1 Å². The number of nitrogens with zero attached hydrogens (tertiary/aromatic N) is 4. The number of unbranched alkanes of at least 4 members (excludes halogenated alkanes) is 1. The molecule has 0 saturated carbocycles. The first-order valence-corrected chi connectivity index (χ1v) is 9.43. The minimum absolute atomic E-state index is 0. The summed E-state index contributed by atoms with van der Waals surface area (Å²) in [5.74, 6) is 3.79. The highest BCUT2D eigenvalue weighted by Gasteiger charge is 2.05. The van der Waals surface area contributed by atoms with Crippen molar-refractivity contribution in [2.24, 2.45) is 12.0 Å². The second-order valence-corrected chi connectivity index (χ2v) is 6.27. The standard InChI is InChI=1S/C15H30N6OS.HI/c1-13-19-20-14(21(13)2)12-18-15(17-9-7-10-22-3)16-8-5-6-11-23-4;/h5-12H2,1-4H3,(H2,16,17,18);1H. The van der Waals surface area contributed by atoms with E-state index in [1.54, 1.807) is 7.11 Å². The van der Waals surface area contributed by atoms with Gasteiger partial charge in [0.1, 0.15) is 12.4 Å². The Hall–Kier alpha value is -0.550. The van der Waals surface area contributed by atoms with Gasteiger partial charge in [-0.1, -0.05) is 0 Å². The maximum absolute atomic E-state index is 5.07. The van der Waals surface area contributed by atoms with Crippen molar-refractivity contribution in [3.63, 3.8) is 0 Å². The molecule has 0 aliphatic heterocycles. The number of aliphatic imine (C=N–C) groups is 1. The van der Waals surface area contributed by atoms with Crippen molar-refractivity contribution >= 4 is 41.7 Å². The van der Waals surface area contributed by atoms with Gasteiger partial charge < -0.3 is 19.9 Å². The molecule has 0 aromatic carbocycles. The first-order chi connectivity index (χ1) is 11.2. The summed E-state index contributed by atoms with van der Waals surface area (Å²) in [6.45, 7) is 4.96. The third-order valence-corrected chi connectivity index (χ3v) is 4.14. The number of guanidine groups is 1. The Morgan fingerprint density at radius 2 is 1.92 bits per heavy atom. The Labute approximate surface area is 166 Å². The van der Waals surface area contributed by atoms with E-state index in [1.807, 2.05) is 30.3 Å². The van der Waals surface area contributed by atoms with E-state index in [4.69, 9.17) is 4.74 Å². The Balaban J connectivity index is 0.00000529.